The molecule has 0 saturated carbocycles. The molecule has 3 aliphatic heterocycles. The predicted octanol–water partition coefficient (Wildman–Crippen LogP) is 2.37. The summed E-state index contributed by atoms with van der Waals surface area (Å²) in [5.41, 5.74) is 1.74. The normalized spacial score (nSPS) is 25.6. The van der Waals surface area contributed by atoms with Gasteiger partial charge < -0.3 is 18.8 Å². The second-order valence-electron chi connectivity index (χ2n) is 8.08. The van der Waals surface area contributed by atoms with Crippen LogP contribution in [-0.4, -0.2) is 72.4 Å². The lowest BCUT2D eigenvalue weighted by Gasteiger charge is -2.39. The minimum Gasteiger partial charge on any atom is -0.440 e. The van der Waals surface area contributed by atoms with Gasteiger partial charge in [-0.2, -0.15) is 0 Å². The van der Waals surface area contributed by atoms with Crippen molar-refractivity contribution in [2.75, 3.05) is 45.9 Å². The molecule has 1 aromatic heterocycles. The third kappa shape index (κ3) is 3.54. The standard InChI is InChI=1S/C21H27N3O4/c25-19(24-10-7-21(8-11-24)26-12-13-27-21)15-23-9-3-4-16(14-23)20-22-17-5-1-2-6-18(17)28-20/h1-2,5-6,16H,3-4,7-15H2. The highest BCUT2D eigenvalue weighted by atomic mass is 16.7. The molecule has 28 heavy (non-hydrogen) atoms. The van der Waals surface area contributed by atoms with Gasteiger partial charge in [0.15, 0.2) is 17.3 Å². The van der Waals surface area contributed by atoms with Crippen molar-refractivity contribution in [2.45, 2.75) is 37.4 Å². The van der Waals surface area contributed by atoms with Gasteiger partial charge in [-0.25, -0.2) is 4.98 Å². The molecule has 0 N–H and O–H groups in total. The fraction of sp³-hybridized carbons (Fsp3) is 0.619. The summed E-state index contributed by atoms with van der Waals surface area (Å²) in [5, 5.41) is 0. The van der Waals surface area contributed by atoms with Gasteiger partial charge in [0.1, 0.15) is 5.52 Å². The summed E-state index contributed by atoms with van der Waals surface area (Å²) < 4.78 is 17.5. The Bertz CT molecular complexity index is 802. The van der Waals surface area contributed by atoms with E-state index < -0.39 is 5.79 Å². The third-order valence-corrected chi connectivity index (χ3v) is 6.22. The van der Waals surface area contributed by atoms with Gasteiger partial charge in [0.2, 0.25) is 5.91 Å². The highest BCUT2D eigenvalue weighted by Gasteiger charge is 2.41. The molecule has 2 aromatic rings. The molecular formula is C21H27N3O4. The molecular weight excluding hydrogens is 358 g/mol. The number of nitrogens with zero attached hydrogens (tertiary/aromatic N) is 3. The molecule has 1 spiro atoms. The number of aromatic nitrogens is 1. The molecule has 3 aliphatic rings. The summed E-state index contributed by atoms with van der Waals surface area (Å²) in [5.74, 6) is 0.818. The van der Waals surface area contributed by atoms with Crippen LogP contribution in [0.4, 0.5) is 0 Å². The smallest absolute Gasteiger partial charge is 0.236 e. The maximum Gasteiger partial charge on any atom is 0.236 e. The van der Waals surface area contributed by atoms with Gasteiger partial charge >= 0.3 is 0 Å². The molecule has 0 aliphatic carbocycles. The van der Waals surface area contributed by atoms with Gasteiger partial charge in [-0.15, -0.1) is 0 Å². The number of rotatable bonds is 3. The van der Waals surface area contributed by atoms with Crippen LogP contribution in [0.5, 0.6) is 0 Å². The molecule has 1 amide bonds. The second-order valence-corrected chi connectivity index (χ2v) is 8.08. The van der Waals surface area contributed by atoms with Crippen LogP contribution in [0.2, 0.25) is 0 Å². The number of para-hydroxylation sites is 2. The summed E-state index contributed by atoms with van der Waals surface area (Å²) in [6.45, 7) is 4.99. The number of carbonyl (C=O) groups is 1. The highest BCUT2D eigenvalue weighted by molar-refractivity contribution is 5.78. The SMILES string of the molecule is O=C(CN1CCCC(c2nc3ccccc3o2)C1)N1CCC2(CC1)OCCO2. The Labute approximate surface area is 164 Å². The lowest BCUT2D eigenvalue weighted by atomic mass is 9.98. The summed E-state index contributed by atoms with van der Waals surface area (Å²) in [6, 6.07) is 7.88. The van der Waals surface area contributed by atoms with Gasteiger partial charge in [0.05, 0.1) is 19.8 Å². The minimum absolute atomic E-state index is 0.200. The number of amides is 1. The van der Waals surface area contributed by atoms with Crippen molar-refractivity contribution in [3.05, 3.63) is 30.2 Å². The molecule has 3 fully saturated rings. The summed E-state index contributed by atoms with van der Waals surface area (Å²) in [4.78, 5) is 21.7. The van der Waals surface area contributed by atoms with Crippen LogP contribution in [-0.2, 0) is 14.3 Å². The number of fused-ring (bicyclic) bond motifs is 1. The second kappa shape index (κ2) is 7.46. The maximum absolute atomic E-state index is 12.8. The van der Waals surface area contributed by atoms with E-state index in [2.05, 4.69) is 9.88 Å². The number of hydrogen-bond acceptors (Lipinski definition) is 6. The summed E-state index contributed by atoms with van der Waals surface area (Å²) >= 11 is 0. The molecule has 5 rings (SSSR count). The molecule has 0 bridgehead atoms. The van der Waals surface area contributed by atoms with E-state index in [1.54, 1.807) is 0 Å². The number of hydrogen-bond donors (Lipinski definition) is 0. The van der Waals surface area contributed by atoms with Crippen molar-refractivity contribution in [2.24, 2.45) is 0 Å². The molecule has 7 heteroatoms. The fourth-order valence-corrected chi connectivity index (χ4v) is 4.64. The molecule has 150 valence electrons. The molecule has 3 saturated heterocycles. The van der Waals surface area contributed by atoms with E-state index in [9.17, 15) is 4.79 Å². The van der Waals surface area contributed by atoms with E-state index >= 15 is 0 Å². The molecule has 0 radical (unpaired) electrons. The first-order valence-electron chi connectivity index (χ1n) is 10.3. The summed E-state index contributed by atoms with van der Waals surface area (Å²) in [7, 11) is 0. The number of piperidine rings is 2. The molecule has 7 nitrogen and oxygen atoms in total. The van der Waals surface area contributed by atoms with E-state index in [0.717, 1.165) is 55.8 Å². The van der Waals surface area contributed by atoms with E-state index in [-0.39, 0.29) is 11.8 Å². The third-order valence-electron chi connectivity index (χ3n) is 6.22. The van der Waals surface area contributed by atoms with E-state index in [1.165, 1.54) is 0 Å². The topological polar surface area (TPSA) is 68.0 Å². The summed E-state index contributed by atoms with van der Waals surface area (Å²) in [6.07, 6.45) is 3.65. The Morgan fingerprint density at radius 2 is 1.93 bits per heavy atom. The lowest BCUT2D eigenvalue weighted by molar-refractivity contribution is -0.187. The maximum atomic E-state index is 12.8. The first kappa shape index (κ1) is 18.1. The van der Waals surface area contributed by atoms with Gasteiger partial charge in [-0.3, -0.25) is 9.69 Å². The first-order chi connectivity index (χ1) is 13.7. The highest BCUT2D eigenvalue weighted by Crippen LogP contribution is 2.32. The Balaban J connectivity index is 1.18. The average Bonchev–Trinajstić information content (AvgIpc) is 3.36. The van der Waals surface area contributed by atoms with Crippen molar-refractivity contribution >= 4 is 17.0 Å². The zero-order valence-corrected chi connectivity index (χ0v) is 16.1. The van der Waals surface area contributed by atoms with Crippen LogP contribution < -0.4 is 0 Å². The monoisotopic (exact) mass is 385 g/mol. The van der Waals surface area contributed by atoms with Crippen LogP contribution in [0.15, 0.2) is 28.7 Å². The largest absolute Gasteiger partial charge is 0.440 e. The van der Waals surface area contributed by atoms with Crippen LogP contribution in [0, 0.1) is 0 Å². The molecule has 1 unspecified atom stereocenters. The Morgan fingerprint density at radius 3 is 2.71 bits per heavy atom. The Kier molecular flexibility index (Phi) is 4.82. The van der Waals surface area contributed by atoms with Crippen LogP contribution >= 0.6 is 0 Å². The van der Waals surface area contributed by atoms with Crippen LogP contribution in [0.25, 0.3) is 11.1 Å². The molecule has 1 atom stereocenters. The van der Waals surface area contributed by atoms with Gasteiger partial charge in [-0.1, -0.05) is 12.1 Å². The van der Waals surface area contributed by atoms with Gasteiger partial charge in [0.25, 0.3) is 0 Å². The average molecular weight is 385 g/mol. The van der Waals surface area contributed by atoms with Crippen LogP contribution in [0.1, 0.15) is 37.5 Å². The van der Waals surface area contributed by atoms with Crippen molar-refractivity contribution < 1.29 is 18.7 Å². The van der Waals surface area contributed by atoms with Gasteiger partial charge in [-0.05, 0) is 31.5 Å². The van der Waals surface area contributed by atoms with E-state index in [1.807, 2.05) is 29.2 Å². The molecule has 4 heterocycles. The Hall–Kier alpha value is -1.96. The molecule has 1 aromatic carbocycles. The predicted molar refractivity (Wildman–Crippen MR) is 103 cm³/mol. The zero-order valence-electron chi connectivity index (χ0n) is 16.1. The number of oxazole rings is 1. The van der Waals surface area contributed by atoms with Crippen molar-refractivity contribution in [3.8, 4) is 0 Å². The van der Waals surface area contributed by atoms with Crippen molar-refractivity contribution in [1.29, 1.82) is 0 Å². The van der Waals surface area contributed by atoms with E-state index in [4.69, 9.17) is 13.9 Å². The van der Waals surface area contributed by atoms with Crippen LogP contribution in [0.3, 0.4) is 0 Å². The van der Waals surface area contributed by atoms with E-state index in [0.29, 0.717) is 32.8 Å². The number of carbonyl (C=O) groups excluding carboxylic acids is 1. The number of likely N-dealkylation sites (tertiary alicyclic amines) is 2. The first-order valence-corrected chi connectivity index (χ1v) is 10.3. The fourth-order valence-electron chi connectivity index (χ4n) is 4.64. The number of benzene rings is 1. The lowest BCUT2D eigenvalue weighted by Crippen LogP contribution is -2.50. The van der Waals surface area contributed by atoms with Crippen molar-refractivity contribution in [1.82, 2.24) is 14.8 Å². The minimum atomic E-state index is -0.431. The van der Waals surface area contributed by atoms with Gasteiger partial charge in [0, 0.05) is 38.4 Å². The quantitative estimate of drug-likeness (QED) is 0.808. The zero-order chi connectivity index (χ0) is 19.0. The van der Waals surface area contributed by atoms with Crippen molar-refractivity contribution in [3.63, 3.8) is 0 Å². The number of ether oxygens (including phenoxy) is 2. The Morgan fingerprint density at radius 1 is 1.14 bits per heavy atom.